The summed E-state index contributed by atoms with van der Waals surface area (Å²) in [7, 11) is 0. The van der Waals surface area contributed by atoms with Gasteiger partial charge in [0.1, 0.15) is 0 Å². The van der Waals surface area contributed by atoms with Gasteiger partial charge in [-0.3, -0.25) is 10.1 Å². The molecule has 1 atom stereocenters. The summed E-state index contributed by atoms with van der Waals surface area (Å²) >= 11 is 5.69. The number of benzene rings is 1. The Morgan fingerprint density at radius 2 is 1.86 bits per heavy atom. The van der Waals surface area contributed by atoms with Gasteiger partial charge in [0.15, 0.2) is 6.61 Å². The summed E-state index contributed by atoms with van der Waals surface area (Å²) in [4.78, 5) is 34.4. The predicted molar refractivity (Wildman–Crippen MR) is 78.2 cm³/mol. The molecule has 0 aromatic heterocycles. The molecule has 1 rings (SSSR count). The first kappa shape index (κ1) is 17.0. The van der Waals surface area contributed by atoms with E-state index in [4.69, 9.17) is 16.3 Å². The van der Waals surface area contributed by atoms with Crippen molar-refractivity contribution in [2.24, 2.45) is 0 Å². The van der Waals surface area contributed by atoms with Crippen molar-refractivity contribution in [2.75, 3.05) is 6.61 Å². The Balaban J connectivity index is 2.37. The van der Waals surface area contributed by atoms with Crippen molar-refractivity contribution in [3.05, 3.63) is 34.9 Å². The standard InChI is InChI=1S/C14H17ClN2O4/c1-3-9(2)16-14(20)17-12(18)8-21-13(19)10-4-6-11(15)7-5-10/h4-7,9H,3,8H2,1-2H3,(H2,16,17,18,20)/t9-/m1/s1. The second-order valence-corrected chi connectivity index (χ2v) is 4.85. The van der Waals surface area contributed by atoms with Crippen LogP contribution in [-0.4, -0.2) is 30.6 Å². The topological polar surface area (TPSA) is 84.5 Å². The number of carbonyl (C=O) groups excluding carboxylic acids is 3. The van der Waals surface area contributed by atoms with Crippen LogP contribution in [-0.2, 0) is 9.53 Å². The average Bonchev–Trinajstić information content (AvgIpc) is 2.45. The van der Waals surface area contributed by atoms with Gasteiger partial charge in [-0.1, -0.05) is 18.5 Å². The molecule has 0 heterocycles. The minimum absolute atomic E-state index is 0.0468. The van der Waals surface area contributed by atoms with Gasteiger partial charge in [0.05, 0.1) is 5.56 Å². The van der Waals surface area contributed by atoms with E-state index < -0.39 is 24.5 Å². The molecular weight excluding hydrogens is 296 g/mol. The predicted octanol–water partition coefficient (Wildman–Crippen LogP) is 2.12. The van der Waals surface area contributed by atoms with Crippen molar-refractivity contribution in [2.45, 2.75) is 26.3 Å². The molecule has 1 aromatic carbocycles. The van der Waals surface area contributed by atoms with Crippen LogP contribution in [0.1, 0.15) is 30.6 Å². The van der Waals surface area contributed by atoms with Gasteiger partial charge >= 0.3 is 12.0 Å². The van der Waals surface area contributed by atoms with Gasteiger partial charge in [-0.25, -0.2) is 9.59 Å². The van der Waals surface area contributed by atoms with Crippen LogP contribution in [0.3, 0.4) is 0 Å². The van der Waals surface area contributed by atoms with Gasteiger partial charge in [0.2, 0.25) is 0 Å². The zero-order chi connectivity index (χ0) is 15.8. The molecule has 3 amide bonds. The number of hydrogen-bond donors (Lipinski definition) is 2. The summed E-state index contributed by atoms with van der Waals surface area (Å²) < 4.78 is 4.79. The third-order valence-electron chi connectivity index (χ3n) is 2.66. The molecular formula is C14H17ClN2O4. The summed E-state index contributed by atoms with van der Waals surface area (Å²) in [6.45, 7) is 3.18. The van der Waals surface area contributed by atoms with Crippen molar-refractivity contribution < 1.29 is 19.1 Å². The van der Waals surface area contributed by atoms with Crippen molar-refractivity contribution in [1.82, 2.24) is 10.6 Å². The molecule has 0 bridgehead atoms. The number of hydrogen-bond acceptors (Lipinski definition) is 4. The smallest absolute Gasteiger partial charge is 0.338 e. The van der Waals surface area contributed by atoms with E-state index in [0.717, 1.165) is 6.42 Å². The van der Waals surface area contributed by atoms with Crippen LogP contribution in [0.5, 0.6) is 0 Å². The lowest BCUT2D eigenvalue weighted by Crippen LogP contribution is -2.44. The molecule has 6 nitrogen and oxygen atoms in total. The molecule has 1 aromatic rings. The van der Waals surface area contributed by atoms with Gasteiger partial charge in [-0.2, -0.15) is 0 Å². The minimum atomic E-state index is -0.696. The van der Waals surface area contributed by atoms with Gasteiger partial charge < -0.3 is 10.1 Å². The van der Waals surface area contributed by atoms with Crippen LogP contribution < -0.4 is 10.6 Å². The van der Waals surface area contributed by atoms with Crippen molar-refractivity contribution in [1.29, 1.82) is 0 Å². The zero-order valence-corrected chi connectivity index (χ0v) is 12.6. The van der Waals surface area contributed by atoms with Crippen LogP contribution in [0, 0.1) is 0 Å². The van der Waals surface area contributed by atoms with E-state index in [2.05, 4.69) is 10.6 Å². The maximum Gasteiger partial charge on any atom is 0.338 e. The Kier molecular flexibility index (Phi) is 6.68. The Morgan fingerprint density at radius 3 is 2.43 bits per heavy atom. The highest BCUT2D eigenvalue weighted by atomic mass is 35.5. The maximum atomic E-state index is 11.6. The summed E-state index contributed by atoms with van der Waals surface area (Å²) in [5.74, 6) is -1.36. The molecule has 0 aliphatic carbocycles. The summed E-state index contributed by atoms with van der Waals surface area (Å²) in [5, 5.41) is 5.13. The third-order valence-corrected chi connectivity index (χ3v) is 2.91. The molecule has 0 saturated heterocycles. The molecule has 0 fully saturated rings. The molecule has 21 heavy (non-hydrogen) atoms. The Hall–Kier alpha value is -2.08. The molecule has 0 unspecified atom stereocenters. The number of amides is 3. The number of halogens is 1. The Morgan fingerprint density at radius 1 is 1.24 bits per heavy atom. The summed E-state index contributed by atoms with van der Waals surface area (Å²) in [6.07, 6.45) is 0.743. The lowest BCUT2D eigenvalue weighted by molar-refractivity contribution is -0.123. The first-order valence-electron chi connectivity index (χ1n) is 6.45. The molecule has 0 radical (unpaired) electrons. The van der Waals surface area contributed by atoms with E-state index in [9.17, 15) is 14.4 Å². The highest BCUT2D eigenvalue weighted by Gasteiger charge is 2.13. The van der Waals surface area contributed by atoms with Crippen LogP contribution in [0.4, 0.5) is 4.79 Å². The Bertz CT molecular complexity index is 516. The van der Waals surface area contributed by atoms with Gasteiger partial charge in [0, 0.05) is 11.1 Å². The van der Waals surface area contributed by atoms with Crippen LogP contribution >= 0.6 is 11.6 Å². The number of esters is 1. The minimum Gasteiger partial charge on any atom is -0.452 e. The first-order valence-corrected chi connectivity index (χ1v) is 6.83. The fourth-order valence-electron chi connectivity index (χ4n) is 1.33. The molecule has 2 N–H and O–H groups in total. The van der Waals surface area contributed by atoms with Crippen LogP contribution in [0.2, 0.25) is 5.02 Å². The molecule has 0 saturated carbocycles. The van der Waals surface area contributed by atoms with Crippen LogP contribution in [0.25, 0.3) is 0 Å². The zero-order valence-electron chi connectivity index (χ0n) is 11.8. The van der Waals surface area contributed by atoms with Crippen molar-refractivity contribution in [3.8, 4) is 0 Å². The monoisotopic (exact) mass is 312 g/mol. The number of urea groups is 1. The lowest BCUT2D eigenvalue weighted by atomic mass is 10.2. The summed E-state index contributed by atoms with van der Waals surface area (Å²) in [6, 6.07) is 5.39. The number of imide groups is 1. The van der Waals surface area contributed by atoms with Crippen molar-refractivity contribution in [3.63, 3.8) is 0 Å². The van der Waals surface area contributed by atoms with E-state index >= 15 is 0 Å². The summed E-state index contributed by atoms with van der Waals surface area (Å²) in [5.41, 5.74) is 0.274. The van der Waals surface area contributed by atoms with Gasteiger partial charge in [0.25, 0.3) is 5.91 Å². The van der Waals surface area contributed by atoms with Gasteiger partial charge in [-0.15, -0.1) is 0 Å². The second kappa shape index (κ2) is 8.26. The molecule has 0 aliphatic heterocycles. The fraction of sp³-hybridized carbons (Fsp3) is 0.357. The van der Waals surface area contributed by atoms with E-state index in [0.29, 0.717) is 5.02 Å². The van der Waals surface area contributed by atoms with E-state index in [1.54, 1.807) is 0 Å². The first-order chi connectivity index (χ1) is 9.92. The maximum absolute atomic E-state index is 11.6. The van der Waals surface area contributed by atoms with E-state index in [1.807, 2.05) is 13.8 Å². The highest BCUT2D eigenvalue weighted by molar-refractivity contribution is 6.30. The largest absolute Gasteiger partial charge is 0.452 e. The number of ether oxygens (including phenoxy) is 1. The number of nitrogens with one attached hydrogen (secondary N) is 2. The SMILES string of the molecule is CC[C@@H](C)NC(=O)NC(=O)COC(=O)c1ccc(Cl)cc1. The highest BCUT2D eigenvalue weighted by Crippen LogP contribution is 2.10. The number of carbonyl (C=O) groups is 3. The van der Waals surface area contributed by atoms with Crippen molar-refractivity contribution >= 4 is 29.5 Å². The van der Waals surface area contributed by atoms with E-state index in [1.165, 1.54) is 24.3 Å². The van der Waals surface area contributed by atoms with Gasteiger partial charge in [-0.05, 0) is 37.6 Å². The second-order valence-electron chi connectivity index (χ2n) is 4.41. The van der Waals surface area contributed by atoms with E-state index in [-0.39, 0.29) is 11.6 Å². The quantitative estimate of drug-likeness (QED) is 0.816. The molecule has 0 aliphatic rings. The fourth-order valence-corrected chi connectivity index (χ4v) is 1.45. The third kappa shape index (κ3) is 6.27. The Labute approximate surface area is 127 Å². The molecule has 7 heteroatoms. The molecule has 114 valence electrons. The lowest BCUT2D eigenvalue weighted by Gasteiger charge is -2.11. The van der Waals surface area contributed by atoms with Crippen LogP contribution in [0.15, 0.2) is 24.3 Å². The normalized spacial score (nSPS) is 11.4. The molecule has 0 spiro atoms. The number of rotatable bonds is 5. The average molecular weight is 313 g/mol.